The van der Waals surface area contributed by atoms with Gasteiger partial charge >= 0.3 is 0 Å². The van der Waals surface area contributed by atoms with Gasteiger partial charge in [-0.1, -0.05) is 119 Å². The summed E-state index contributed by atoms with van der Waals surface area (Å²) in [6.07, 6.45) is 11.1. The number of hydrogen-bond acceptors (Lipinski definition) is 11. The van der Waals surface area contributed by atoms with Gasteiger partial charge in [0, 0.05) is 133 Å². The maximum absolute atomic E-state index is 4.44. The molecule has 0 aliphatic carbocycles. The summed E-state index contributed by atoms with van der Waals surface area (Å²) in [7, 11) is 0. The Bertz CT molecular complexity index is 3700. The predicted octanol–water partition coefficient (Wildman–Crippen LogP) is 21.4. The van der Waals surface area contributed by atoms with E-state index in [1.807, 2.05) is 169 Å². The molecule has 0 unspecified atom stereocenters. The van der Waals surface area contributed by atoms with E-state index in [0.717, 1.165) is 74.2 Å². The summed E-state index contributed by atoms with van der Waals surface area (Å²) in [5, 5.41) is 0. The van der Waals surface area contributed by atoms with Crippen LogP contribution < -0.4 is 0 Å². The summed E-state index contributed by atoms with van der Waals surface area (Å²) < 4.78 is 0. The molecule has 0 amide bonds. The highest BCUT2D eigenvalue weighted by Crippen LogP contribution is 2.23. The van der Waals surface area contributed by atoms with Crippen LogP contribution in [0, 0.1) is 138 Å². The van der Waals surface area contributed by atoms with Crippen LogP contribution in [-0.2, 0) is 16.2 Å². The molecule has 10 aromatic rings. The second kappa shape index (κ2) is 42.0. The maximum Gasteiger partial charge on any atom is 0.125 e. The van der Waals surface area contributed by atoms with Crippen LogP contribution in [0.4, 0.5) is 0 Å². The minimum Gasteiger partial charge on any atom is -0.262 e. The SMILES string of the molecule is Cc1cc(C)nc(C)c1.Cc1ccc(C(C)(C)C)nc1.Cc1ccc(C)c(C)n1.Cc1cccc(C(C)(C)C)n1.Cc1ccccn1.Cc1cccnc1C.Cc1cccnc1C(C)(C)C.Cc1cccnc1C(C)C.Cc1ccnc(C)c1C.Cc1nc(C)c(C)c(C)n1. The molecule has 0 N–H and O–H groups in total. The number of aromatic nitrogens is 11. The number of hydrogen-bond donors (Lipinski definition) is 0. The third-order valence-corrected chi connectivity index (χ3v) is 14.9. The molecule has 11 heteroatoms. The van der Waals surface area contributed by atoms with Crippen LogP contribution in [0.1, 0.15) is 218 Å². The topological polar surface area (TPSA) is 142 Å². The lowest BCUT2D eigenvalue weighted by Crippen LogP contribution is -2.14. The van der Waals surface area contributed by atoms with E-state index in [2.05, 4.69) is 247 Å². The average Bonchev–Trinajstić information content (AvgIpc) is 0.990. The van der Waals surface area contributed by atoms with Gasteiger partial charge in [-0.3, -0.25) is 44.9 Å². The van der Waals surface area contributed by atoms with E-state index in [1.165, 1.54) is 61.5 Å². The van der Waals surface area contributed by atoms with Gasteiger partial charge in [-0.2, -0.15) is 0 Å². The molecule has 10 heterocycles. The van der Waals surface area contributed by atoms with Crippen LogP contribution in [0.25, 0.3) is 0 Å². The zero-order chi connectivity index (χ0) is 72.4. The summed E-state index contributed by atoms with van der Waals surface area (Å²) >= 11 is 0. The standard InChI is InChI=1S/3C10H15N.C9H13N.C8H12N2.3C8H11N.C7H9N.C6H7N/c1-8-5-6-9(11-7-8)10(2,3)4;1-8-6-5-7-11-9(8)10(2,3)4;1-8-6-5-7-9(11-8)10(2,3)4;1-7(2)9-8(3)5-4-6-10-9;1-5-6(2)9-8(4)10-7(5)3;1-6-4-7(2)9-8(3)5-6;1-6-4-5-9-8(3)7(6)2;1-6-4-5-7(2)9-8(6)3;1-6-4-3-5-8-7(6)2;1-6-4-2-3-5-7-6/h3*5-7H,1-4H3;4-7H,1-3H3;1-4H3;3*4-5H,1-3H3;3-5H,1-2H3;2-5H,1H3. The molecule has 0 atom stereocenters. The van der Waals surface area contributed by atoms with Gasteiger partial charge in [0.1, 0.15) is 5.82 Å². The van der Waals surface area contributed by atoms with Gasteiger partial charge in [0.2, 0.25) is 0 Å². The van der Waals surface area contributed by atoms with Gasteiger partial charge in [-0.25, -0.2) is 9.97 Å². The van der Waals surface area contributed by atoms with Crippen molar-refractivity contribution < 1.29 is 0 Å². The van der Waals surface area contributed by atoms with Crippen molar-refractivity contribution in [1.29, 1.82) is 0 Å². The largest absolute Gasteiger partial charge is 0.262 e. The van der Waals surface area contributed by atoms with Gasteiger partial charge in [-0.05, 0) is 267 Å². The van der Waals surface area contributed by atoms with Crippen molar-refractivity contribution in [2.45, 2.75) is 237 Å². The Balaban J connectivity index is 0.000000529. The fraction of sp³-hybridized carbons (Fsp3) is 0.417. The van der Waals surface area contributed by atoms with Gasteiger partial charge in [0.15, 0.2) is 0 Å². The molecule has 0 spiro atoms. The van der Waals surface area contributed by atoms with E-state index in [0.29, 0.717) is 5.92 Å². The average molecular weight is 1280 g/mol. The minimum absolute atomic E-state index is 0.172. The van der Waals surface area contributed by atoms with Crippen molar-refractivity contribution in [3.63, 3.8) is 0 Å². The first kappa shape index (κ1) is 84.4. The molecule has 0 aliphatic heterocycles. The maximum atomic E-state index is 4.44. The first-order valence-corrected chi connectivity index (χ1v) is 33.1. The smallest absolute Gasteiger partial charge is 0.125 e. The Morgan fingerprint density at radius 1 is 0.284 bits per heavy atom. The van der Waals surface area contributed by atoms with Crippen LogP contribution >= 0.6 is 0 Å². The van der Waals surface area contributed by atoms with Crippen molar-refractivity contribution in [2.75, 3.05) is 0 Å². The fourth-order valence-corrected chi connectivity index (χ4v) is 8.77. The highest BCUT2D eigenvalue weighted by molar-refractivity contribution is 5.27. The molecule has 10 aromatic heterocycles. The van der Waals surface area contributed by atoms with E-state index in [-0.39, 0.29) is 16.2 Å². The second-order valence-electron chi connectivity index (χ2n) is 27.7. The summed E-state index contributed by atoms with van der Waals surface area (Å²) in [6.45, 7) is 64.7. The Labute approximate surface area is 576 Å². The van der Waals surface area contributed by atoms with E-state index >= 15 is 0 Å². The summed E-state index contributed by atoms with van der Waals surface area (Å²) in [5.41, 5.74) is 27.7. The Hall–Kier alpha value is -8.57. The first-order chi connectivity index (χ1) is 44.1. The molecule has 0 saturated heterocycles. The van der Waals surface area contributed by atoms with Crippen molar-refractivity contribution >= 4 is 0 Å². The number of rotatable bonds is 1. The fourth-order valence-electron chi connectivity index (χ4n) is 8.77. The highest BCUT2D eigenvalue weighted by Gasteiger charge is 2.17. The summed E-state index contributed by atoms with van der Waals surface area (Å²) in [5.74, 6) is 1.40. The number of pyridine rings is 9. The molecule has 0 aliphatic rings. The van der Waals surface area contributed by atoms with Crippen LogP contribution in [0.3, 0.4) is 0 Å². The molecule has 0 aromatic carbocycles. The molecule has 510 valence electrons. The van der Waals surface area contributed by atoms with E-state index in [1.54, 1.807) is 6.20 Å². The molecular weight excluding hydrogens is 1160 g/mol. The van der Waals surface area contributed by atoms with Crippen LogP contribution in [0.2, 0.25) is 0 Å². The second-order valence-corrected chi connectivity index (χ2v) is 27.7. The summed E-state index contributed by atoms with van der Waals surface area (Å²) in [4.78, 5) is 46.6. The van der Waals surface area contributed by atoms with Crippen LogP contribution in [-0.4, -0.2) is 54.8 Å². The lowest BCUT2D eigenvalue weighted by atomic mass is 9.89. The lowest BCUT2D eigenvalue weighted by Gasteiger charge is -2.19. The molecular formula is C84H119N11. The molecule has 0 radical (unpaired) electrons. The van der Waals surface area contributed by atoms with E-state index in [9.17, 15) is 0 Å². The molecule has 10 rings (SSSR count). The van der Waals surface area contributed by atoms with Crippen molar-refractivity contribution in [3.8, 4) is 0 Å². The first-order valence-electron chi connectivity index (χ1n) is 33.1. The van der Waals surface area contributed by atoms with E-state index in [4.69, 9.17) is 0 Å². The number of nitrogens with zero attached hydrogens (tertiary/aromatic N) is 11. The third kappa shape index (κ3) is 35.5. The normalized spacial score (nSPS) is 10.4. The lowest BCUT2D eigenvalue weighted by molar-refractivity contribution is 0.564. The minimum atomic E-state index is 0.172. The van der Waals surface area contributed by atoms with Crippen molar-refractivity contribution in [1.82, 2.24) is 54.8 Å². The van der Waals surface area contributed by atoms with Crippen LogP contribution in [0.15, 0.2) is 152 Å². The van der Waals surface area contributed by atoms with Gasteiger partial charge in [-0.15, -0.1) is 0 Å². The quantitative estimate of drug-likeness (QED) is 0.155. The molecule has 0 saturated carbocycles. The Morgan fingerprint density at radius 3 is 1.15 bits per heavy atom. The zero-order valence-electron chi connectivity index (χ0n) is 64.4. The molecule has 11 nitrogen and oxygen atoms in total. The predicted molar refractivity (Wildman–Crippen MR) is 405 cm³/mol. The van der Waals surface area contributed by atoms with E-state index < -0.39 is 0 Å². The van der Waals surface area contributed by atoms with Crippen molar-refractivity contribution in [2.24, 2.45) is 0 Å². The van der Waals surface area contributed by atoms with Crippen molar-refractivity contribution in [3.05, 3.63) is 288 Å². The molecule has 95 heavy (non-hydrogen) atoms. The Kier molecular flexibility index (Phi) is 37.3. The van der Waals surface area contributed by atoms with Gasteiger partial charge in [0.25, 0.3) is 0 Å². The zero-order valence-corrected chi connectivity index (χ0v) is 64.4. The van der Waals surface area contributed by atoms with Gasteiger partial charge in [0.05, 0.1) is 0 Å². The third-order valence-electron chi connectivity index (χ3n) is 14.9. The number of aryl methyl sites for hydroxylation is 18. The van der Waals surface area contributed by atoms with Gasteiger partial charge < -0.3 is 0 Å². The monoisotopic (exact) mass is 1280 g/mol. The molecule has 0 bridgehead atoms. The molecule has 0 fully saturated rings. The Morgan fingerprint density at radius 2 is 0.789 bits per heavy atom. The van der Waals surface area contributed by atoms with Crippen LogP contribution in [0.5, 0.6) is 0 Å². The summed E-state index contributed by atoms with van der Waals surface area (Å²) in [6, 6.07) is 38.7. The highest BCUT2D eigenvalue weighted by atomic mass is 14.9.